The Labute approximate surface area is 135 Å². The van der Waals surface area contributed by atoms with Crippen molar-refractivity contribution in [2.24, 2.45) is 5.73 Å². The number of aryl methyl sites for hydroxylation is 1. The number of anilines is 1. The van der Waals surface area contributed by atoms with Gasteiger partial charge in [0.1, 0.15) is 10.8 Å². The minimum absolute atomic E-state index is 0.168. The fraction of sp³-hybridized carbons (Fsp3) is 0.0667. The van der Waals surface area contributed by atoms with Gasteiger partial charge in [-0.1, -0.05) is 34.2 Å². The van der Waals surface area contributed by atoms with Gasteiger partial charge in [0.25, 0.3) is 5.91 Å². The zero-order valence-corrected chi connectivity index (χ0v) is 13.5. The predicted octanol–water partition coefficient (Wildman–Crippen LogP) is 3.78. The zero-order chi connectivity index (χ0) is 15.6. The average molecular weight is 367 g/mol. The summed E-state index contributed by atoms with van der Waals surface area (Å²) in [5.41, 5.74) is 7.38. The average Bonchev–Trinajstić information content (AvgIpc) is 2.43. The van der Waals surface area contributed by atoms with Crippen molar-refractivity contribution in [2.75, 3.05) is 5.32 Å². The summed E-state index contributed by atoms with van der Waals surface area (Å²) in [5.74, 6) is -0.846. The number of thiocarbonyl (C=S) groups is 1. The largest absolute Gasteiger partial charge is 0.389 e. The van der Waals surface area contributed by atoms with Crippen LogP contribution in [0.1, 0.15) is 21.5 Å². The molecule has 0 aliphatic rings. The first-order chi connectivity index (χ1) is 9.88. The maximum absolute atomic E-state index is 13.5. The third kappa shape index (κ3) is 3.65. The Morgan fingerprint density at radius 3 is 2.62 bits per heavy atom. The zero-order valence-electron chi connectivity index (χ0n) is 11.1. The van der Waals surface area contributed by atoms with Gasteiger partial charge >= 0.3 is 0 Å². The molecule has 0 aliphatic heterocycles. The number of nitrogens with two attached hydrogens (primary N) is 1. The number of benzene rings is 2. The Bertz CT molecular complexity index is 734. The summed E-state index contributed by atoms with van der Waals surface area (Å²) in [6.45, 7) is 1.64. The molecule has 0 heterocycles. The van der Waals surface area contributed by atoms with Gasteiger partial charge in [-0.25, -0.2) is 4.39 Å². The van der Waals surface area contributed by atoms with Crippen LogP contribution in [0.3, 0.4) is 0 Å². The molecular formula is C15H12BrFN2OS. The minimum Gasteiger partial charge on any atom is -0.389 e. The van der Waals surface area contributed by atoms with Gasteiger partial charge < -0.3 is 11.1 Å². The smallest absolute Gasteiger partial charge is 0.255 e. The highest BCUT2D eigenvalue weighted by atomic mass is 79.9. The van der Waals surface area contributed by atoms with Gasteiger partial charge in [-0.15, -0.1) is 0 Å². The van der Waals surface area contributed by atoms with E-state index in [0.29, 0.717) is 16.8 Å². The van der Waals surface area contributed by atoms with Gasteiger partial charge in [0, 0.05) is 15.6 Å². The summed E-state index contributed by atoms with van der Waals surface area (Å²) >= 11 is 8.28. The maximum Gasteiger partial charge on any atom is 0.255 e. The molecule has 3 nitrogen and oxygen atoms in total. The summed E-state index contributed by atoms with van der Waals surface area (Å²) in [6.07, 6.45) is 0. The fourth-order valence-corrected chi connectivity index (χ4v) is 2.29. The second-order valence-corrected chi connectivity index (χ2v) is 5.83. The molecule has 2 aromatic rings. The van der Waals surface area contributed by atoms with E-state index in [9.17, 15) is 9.18 Å². The summed E-state index contributed by atoms with van der Waals surface area (Å²) in [4.78, 5) is 12.3. The maximum atomic E-state index is 13.5. The molecule has 0 bridgehead atoms. The fourth-order valence-electron chi connectivity index (χ4n) is 1.76. The van der Waals surface area contributed by atoms with Crippen molar-refractivity contribution >= 4 is 44.7 Å². The molecule has 1 amide bonds. The van der Waals surface area contributed by atoms with E-state index in [0.717, 1.165) is 4.47 Å². The van der Waals surface area contributed by atoms with Crippen molar-refractivity contribution in [3.63, 3.8) is 0 Å². The van der Waals surface area contributed by atoms with Crippen LogP contribution in [-0.2, 0) is 0 Å². The van der Waals surface area contributed by atoms with E-state index < -0.39 is 11.7 Å². The van der Waals surface area contributed by atoms with Crippen LogP contribution in [0.15, 0.2) is 40.9 Å². The van der Waals surface area contributed by atoms with E-state index in [1.54, 1.807) is 37.3 Å². The number of halogens is 2. The quantitative estimate of drug-likeness (QED) is 0.812. The van der Waals surface area contributed by atoms with Crippen LogP contribution in [0, 0.1) is 12.7 Å². The molecule has 2 aromatic carbocycles. The van der Waals surface area contributed by atoms with Gasteiger partial charge in [-0.3, -0.25) is 4.79 Å². The van der Waals surface area contributed by atoms with Gasteiger partial charge in [-0.05, 0) is 42.8 Å². The second-order valence-electron chi connectivity index (χ2n) is 4.47. The first-order valence-corrected chi connectivity index (χ1v) is 7.25. The van der Waals surface area contributed by atoms with Crippen LogP contribution in [-0.4, -0.2) is 10.9 Å². The molecule has 0 aromatic heterocycles. The molecule has 0 radical (unpaired) electrons. The lowest BCUT2D eigenvalue weighted by Gasteiger charge is -2.11. The van der Waals surface area contributed by atoms with Gasteiger partial charge in [-0.2, -0.15) is 0 Å². The first kappa shape index (κ1) is 15.6. The van der Waals surface area contributed by atoms with Crippen LogP contribution >= 0.6 is 28.1 Å². The third-order valence-corrected chi connectivity index (χ3v) is 3.64. The highest BCUT2D eigenvalue weighted by Crippen LogP contribution is 2.22. The van der Waals surface area contributed by atoms with Crippen molar-refractivity contribution in [3.05, 3.63) is 63.4 Å². The number of carbonyl (C=O) groups is 1. The van der Waals surface area contributed by atoms with Crippen LogP contribution in [0.5, 0.6) is 0 Å². The summed E-state index contributed by atoms with van der Waals surface area (Å²) in [7, 11) is 0. The molecule has 0 atom stereocenters. The lowest BCUT2D eigenvalue weighted by molar-refractivity contribution is 0.102. The third-order valence-electron chi connectivity index (χ3n) is 2.93. The van der Waals surface area contributed by atoms with Gasteiger partial charge in [0.15, 0.2) is 0 Å². The number of hydrogen-bond acceptors (Lipinski definition) is 2. The van der Waals surface area contributed by atoms with E-state index in [1.165, 1.54) is 6.07 Å². The van der Waals surface area contributed by atoms with Crippen molar-refractivity contribution in [3.8, 4) is 0 Å². The number of nitrogens with one attached hydrogen (secondary N) is 1. The number of hydrogen-bond donors (Lipinski definition) is 2. The molecule has 0 saturated heterocycles. The van der Waals surface area contributed by atoms with Crippen molar-refractivity contribution in [1.82, 2.24) is 0 Å². The Kier molecular flexibility index (Phi) is 4.69. The van der Waals surface area contributed by atoms with Crippen LogP contribution < -0.4 is 11.1 Å². The van der Waals surface area contributed by atoms with Crippen molar-refractivity contribution in [1.29, 1.82) is 0 Å². The SMILES string of the molecule is Cc1ccc(C(=O)Nc2ccc(Br)cc2C(N)=S)cc1F. The Hall–Kier alpha value is -1.79. The molecule has 108 valence electrons. The van der Waals surface area contributed by atoms with E-state index in [2.05, 4.69) is 21.2 Å². The topological polar surface area (TPSA) is 55.1 Å². The summed E-state index contributed by atoms with van der Waals surface area (Å²) < 4.78 is 14.3. The Balaban J connectivity index is 2.31. The molecule has 3 N–H and O–H groups in total. The van der Waals surface area contributed by atoms with Crippen LogP contribution in [0.25, 0.3) is 0 Å². The predicted molar refractivity (Wildman–Crippen MR) is 89.1 cm³/mol. The van der Waals surface area contributed by atoms with E-state index in [4.69, 9.17) is 18.0 Å². The molecule has 0 unspecified atom stereocenters. The van der Waals surface area contributed by atoms with Crippen LogP contribution in [0.2, 0.25) is 0 Å². The highest BCUT2D eigenvalue weighted by molar-refractivity contribution is 9.10. The summed E-state index contributed by atoms with van der Waals surface area (Å²) in [6, 6.07) is 9.47. The molecule has 0 saturated carbocycles. The normalized spacial score (nSPS) is 10.2. The van der Waals surface area contributed by atoms with E-state index in [-0.39, 0.29) is 10.6 Å². The lowest BCUT2D eigenvalue weighted by atomic mass is 10.1. The molecule has 6 heteroatoms. The summed E-state index contributed by atoms with van der Waals surface area (Å²) in [5, 5.41) is 2.69. The van der Waals surface area contributed by atoms with E-state index >= 15 is 0 Å². The van der Waals surface area contributed by atoms with Crippen LogP contribution in [0.4, 0.5) is 10.1 Å². The molecule has 0 spiro atoms. The molecule has 0 aliphatic carbocycles. The van der Waals surface area contributed by atoms with Crippen molar-refractivity contribution in [2.45, 2.75) is 6.92 Å². The van der Waals surface area contributed by atoms with Crippen molar-refractivity contribution < 1.29 is 9.18 Å². The molecule has 21 heavy (non-hydrogen) atoms. The molecular weight excluding hydrogens is 355 g/mol. The highest BCUT2D eigenvalue weighted by Gasteiger charge is 2.12. The number of carbonyl (C=O) groups excluding carboxylic acids is 1. The monoisotopic (exact) mass is 366 g/mol. The van der Waals surface area contributed by atoms with E-state index in [1.807, 2.05) is 0 Å². The number of amides is 1. The standard InChI is InChI=1S/C15H12BrFN2OS/c1-8-2-3-9(6-12(8)17)15(20)19-13-5-4-10(16)7-11(13)14(18)21/h2-7H,1H3,(H2,18,21)(H,19,20). The lowest BCUT2D eigenvalue weighted by Crippen LogP contribution is -2.17. The second kappa shape index (κ2) is 6.32. The van der Waals surface area contributed by atoms with Gasteiger partial charge in [0.2, 0.25) is 0 Å². The minimum atomic E-state index is -0.423. The molecule has 0 fully saturated rings. The Morgan fingerprint density at radius 2 is 2.00 bits per heavy atom. The Morgan fingerprint density at radius 1 is 1.29 bits per heavy atom. The molecule has 2 rings (SSSR count). The van der Waals surface area contributed by atoms with Gasteiger partial charge in [0.05, 0.1) is 5.69 Å². The first-order valence-electron chi connectivity index (χ1n) is 6.05. The number of rotatable bonds is 3.